The third-order valence-electron chi connectivity index (χ3n) is 4.96. The van der Waals surface area contributed by atoms with Crippen LogP contribution < -0.4 is 0 Å². The highest BCUT2D eigenvalue weighted by Crippen LogP contribution is 2.39. The Labute approximate surface area is 151 Å². The molecule has 3 heterocycles. The molecule has 6 heteroatoms. The van der Waals surface area contributed by atoms with Crippen LogP contribution in [-0.2, 0) is 0 Å². The molecule has 1 saturated carbocycles. The van der Waals surface area contributed by atoms with Crippen molar-refractivity contribution in [2.45, 2.75) is 38.1 Å². The van der Waals surface area contributed by atoms with E-state index in [9.17, 15) is 0 Å². The summed E-state index contributed by atoms with van der Waals surface area (Å²) in [6, 6.07) is 12.2. The third kappa shape index (κ3) is 2.49. The monoisotopic (exact) mass is 344 g/mol. The van der Waals surface area contributed by atoms with Crippen LogP contribution in [0.25, 0.3) is 16.6 Å². The Morgan fingerprint density at radius 3 is 2.77 bits per heavy atom. The number of hydrogen-bond donors (Lipinski definition) is 0. The van der Waals surface area contributed by atoms with Gasteiger partial charge in [-0.1, -0.05) is 25.1 Å². The normalized spacial score (nSPS) is 15.4. The second kappa shape index (κ2) is 6.05. The minimum Gasteiger partial charge on any atom is -0.262 e. The van der Waals surface area contributed by atoms with Gasteiger partial charge in [0.15, 0.2) is 11.6 Å². The van der Waals surface area contributed by atoms with Crippen LogP contribution in [0.4, 0.5) is 0 Å². The highest BCUT2D eigenvalue weighted by Gasteiger charge is 2.31. The first-order chi connectivity index (χ1) is 12.8. The van der Waals surface area contributed by atoms with Gasteiger partial charge < -0.3 is 0 Å². The van der Waals surface area contributed by atoms with Crippen molar-refractivity contribution in [1.82, 2.24) is 29.5 Å². The molecule has 0 amide bonds. The quantitative estimate of drug-likeness (QED) is 0.551. The van der Waals surface area contributed by atoms with Gasteiger partial charge in [0.05, 0.1) is 11.2 Å². The molecule has 0 bridgehead atoms. The number of pyridine rings is 1. The van der Waals surface area contributed by atoms with E-state index in [1.807, 2.05) is 40.1 Å². The predicted molar refractivity (Wildman–Crippen MR) is 99.3 cm³/mol. The van der Waals surface area contributed by atoms with Crippen LogP contribution in [0.3, 0.4) is 0 Å². The number of nitrogens with zero attached hydrogens (tertiary/aromatic N) is 6. The molecule has 0 aliphatic heterocycles. The molecule has 3 aromatic heterocycles. The summed E-state index contributed by atoms with van der Waals surface area (Å²) in [5.74, 6) is 2.36. The molecular formula is C20H20N6. The van der Waals surface area contributed by atoms with Gasteiger partial charge in [0.25, 0.3) is 0 Å². The number of rotatable bonds is 5. The van der Waals surface area contributed by atoms with Crippen molar-refractivity contribution in [2.75, 3.05) is 0 Å². The van der Waals surface area contributed by atoms with E-state index in [1.165, 1.54) is 12.8 Å². The van der Waals surface area contributed by atoms with Crippen molar-refractivity contribution in [1.29, 1.82) is 0 Å². The van der Waals surface area contributed by atoms with E-state index in [0.717, 1.165) is 34.7 Å². The fourth-order valence-corrected chi connectivity index (χ4v) is 3.46. The van der Waals surface area contributed by atoms with E-state index in [2.05, 4.69) is 41.3 Å². The van der Waals surface area contributed by atoms with Crippen molar-refractivity contribution in [3.05, 3.63) is 66.6 Å². The summed E-state index contributed by atoms with van der Waals surface area (Å²) in [5, 5.41) is 10.4. The topological polar surface area (TPSA) is 61.4 Å². The van der Waals surface area contributed by atoms with E-state index >= 15 is 0 Å². The van der Waals surface area contributed by atoms with Crippen LogP contribution in [0.5, 0.6) is 0 Å². The largest absolute Gasteiger partial charge is 0.262 e. The Kier molecular flexibility index (Phi) is 3.55. The van der Waals surface area contributed by atoms with Crippen molar-refractivity contribution >= 4 is 10.9 Å². The average Bonchev–Trinajstić information content (AvgIpc) is 3.22. The molecule has 5 rings (SSSR count). The first-order valence-electron chi connectivity index (χ1n) is 9.15. The molecule has 0 saturated heterocycles. The summed E-state index contributed by atoms with van der Waals surface area (Å²) in [5.41, 5.74) is 1.92. The van der Waals surface area contributed by atoms with Crippen LogP contribution in [0.1, 0.15) is 49.8 Å². The van der Waals surface area contributed by atoms with E-state index in [1.54, 1.807) is 0 Å². The lowest BCUT2D eigenvalue weighted by Crippen LogP contribution is -2.16. The lowest BCUT2D eigenvalue weighted by atomic mass is 10.1. The van der Waals surface area contributed by atoms with Gasteiger partial charge in [0.2, 0.25) is 0 Å². The van der Waals surface area contributed by atoms with Crippen LogP contribution in [0.2, 0.25) is 0 Å². The molecule has 0 radical (unpaired) electrons. The summed E-state index contributed by atoms with van der Waals surface area (Å²) < 4.78 is 3.95. The first-order valence-corrected chi connectivity index (χ1v) is 9.15. The second-order valence-corrected chi connectivity index (χ2v) is 6.78. The molecule has 1 fully saturated rings. The standard InChI is InChI=1S/C20H20N6/c1-2-16(25-13-5-12-22-25)20-23-19(15-9-10-15)24-26(20)17-8-3-6-14-7-4-11-21-18(14)17/h3-8,11-13,15-16H,2,9-10H2,1H3. The molecule has 0 spiro atoms. The Morgan fingerprint density at radius 1 is 1.12 bits per heavy atom. The molecule has 0 N–H and O–H groups in total. The average molecular weight is 344 g/mol. The third-order valence-corrected chi connectivity index (χ3v) is 4.96. The molecule has 1 aliphatic carbocycles. The number of para-hydroxylation sites is 1. The van der Waals surface area contributed by atoms with Gasteiger partial charge in [-0.15, -0.1) is 0 Å². The van der Waals surface area contributed by atoms with Crippen LogP contribution >= 0.6 is 0 Å². The SMILES string of the molecule is CCC(c1nc(C2CC2)nn1-c1cccc2cccnc12)n1cccn1. The van der Waals surface area contributed by atoms with Crippen molar-refractivity contribution in [3.63, 3.8) is 0 Å². The number of benzene rings is 1. The van der Waals surface area contributed by atoms with Gasteiger partial charge in [-0.3, -0.25) is 9.67 Å². The summed E-state index contributed by atoms with van der Waals surface area (Å²) >= 11 is 0. The number of fused-ring (bicyclic) bond motifs is 1. The molecular weight excluding hydrogens is 324 g/mol. The minimum absolute atomic E-state index is 0.0453. The fraction of sp³-hybridized carbons (Fsp3) is 0.300. The van der Waals surface area contributed by atoms with E-state index < -0.39 is 0 Å². The summed E-state index contributed by atoms with van der Waals surface area (Å²) in [4.78, 5) is 9.55. The summed E-state index contributed by atoms with van der Waals surface area (Å²) in [6.07, 6.45) is 8.87. The Bertz CT molecular complexity index is 1040. The minimum atomic E-state index is 0.0453. The molecule has 6 nitrogen and oxygen atoms in total. The van der Waals surface area contributed by atoms with Gasteiger partial charge >= 0.3 is 0 Å². The fourth-order valence-electron chi connectivity index (χ4n) is 3.46. The smallest absolute Gasteiger partial charge is 0.157 e. The highest BCUT2D eigenvalue weighted by molar-refractivity contribution is 5.86. The highest BCUT2D eigenvalue weighted by atomic mass is 15.4. The van der Waals surface area contributed by atoms with E-state index in [0.29, 0.717) is 5.92 Å². The van der Waals surface area contributed by atoms with Crippen molar-refractivity contribution in [3.8, 4) is 5.69 Å². The van der Waals surface area contributed by atoms with E-state index in [-0.39, 0.29) is 6.04 Å². The zero-order chi connectivity index (χ0) is 17.5. The van der Waals surface area contributed by atoms with Crippen LogP contribution in [0, 0.1) is 0 Å². The first kappa shape index (κ1) is 15.3. The predicted octanol–water partition coefficient (Wildman–Crippen LogP) is 3.89. The maximum absolute atomic E-state index is 4.95. The second-order valence-electron chi connectivity index (χ2n) is 6.78. The summed E-state index contributed by atoms with van der Waals surface area (Å²) in [7, 11) is 0. The van der Waals surface area contributed by atoms with Crippen LogP contribution in [0.15, 0.2) is 55.0 Å². The van der Waals surface area contributed by atoms with Gasteiger partial charge in [-0.05, 0) is 37.5 Å². The van der Waals surface area contributed by atoms with Gasteiger partial charge in [-0.2, -0.15) is 10.2 Å². The maximum Gasteiger partial charge on any atom is 0.157 e. The Hall–Kier alpha value is -3.02. The molecule has 1 unspecified atom stereocenters. The van der Waals surface area contributed by atoms with E-state index in [4.69, 9.17) is 10.1 Å². The molecule has 130 valence electrons. The van der Waals surface area contributed by atoms with Crippen molar-refractivity contribution < 1.29 is 0 Å². The molecule has 26 heavy (non-hydrogen) atoms. The van der Waals surface area contributed by atoms with Gasteiger partial charge in [-0.25, -0.2) is 9.67 Å². The molecule has 1 atom stereocenters. The Balaban J connectivity index is 1.73. The number of hydrogen-bond acceptors (Lipinski definition) is 4. The lowest BCUT2D eigenvalue weighted by Gasteiger charge is -2.16. The molecule has 1 aromatic carbocycles. The van der Waals surface area contributed by atoms with Gasteiger partial charge in [0.1, 0.15) is 6.04 Å². The Morgan fingerprint density at radius 2 is 2.00 bits per heavy atom. The summed E-state index contributed by atoms with van der Waals surface area (Å²) in [6.45, 7) is 2.16. The van der Waals surface area contributed by atoms with Crippen LogP contribution in [-0.4, -0.2) is 29.5 Å². The molecule has 1 aliphatic rings. The van der Waals surface area contributed by atoms with Gasteiger partial charge in [0, 0.05) is 29.9 Å². The lowest BCUT2D eigenvalue weighted by molar-refractivity contribution is 0.474. The number of aromatic nitrogens is 6. The molecule has 4 aromatic rings. The van der Waals surface area contributed by atoms with Crippen molar-refractivity contribution in [2.24, 2.45) is 0 Å². The zero-order valence-electron chi connectivity index (χ0n) is 14.7. The zero-order valence-corrected chi connectivity index (χ0v) is 14.7. The maximum atomic E-state index is 4.95.